The molecule has 2 aromatic carbocycles. The van der Waals surface area contributed by atoms with Crippen LogP contribution in [0, 0.1) is 10.1 Å². The van der Waals surface area contributed by atoms with Crippen molar-refractivity contribution in [3.8, 4) is 5.75 Å². The number of hydrogen-bond donors (Lipinski definition) is 1. The normalized spacial score (nSPS) is 15.7. The van der Waals surface area contributed by atoms with Crippen LogP contribution in [0.25, 0.3) is 6.08 Å². The summed E-state index contributed by atoms with van der Waals surface area (Å²) in [6.45, 7) is -0.0387. The SMILES string of the molecule is O=C1S/C(=C/c2ccc(O)c(Br)c2)C(=O)N1Cc1cccc([N+](=O)[O-])c1. The van der Waals surface area contributed by atoms with Gasteiger partial charge in [0.2, 0.25) is 0 Å². The van der Waals surface area contributed by atoms with Gasteiger partial charge in [-0.05, 0) is 57.0 Å². The van der Waals surface area contributed by atoms with Crippen LogP contribution < -0.4 is 0 Å². The lowest BCUT2D eigenvalue weighted by Gasteiger charge is -2.12. The Morgan fingerprint density at radius 1 is 1.23 bits per heavy atom. The molecule has 2 aromatic rings. The molecule has 0 radical (unpaired) electrons. The average molecular weight is 435 g/mol. The van der Waals surface area contributed by atoms with Crippen molar-refractivity contribution in [1.29, 1.82) is 0 Å². The molecule has 9 heteroatoms. The molecule has 1 fully saturated rings. The molecule has 0 saturated carbocycles. The zero-order valence-corrected chi connectivity index (χ0v) is 15.5. The first-order valence-electron chi connectivity index (χ1n) is 7.32. The summed E-state index contributed by atoms with van der Waals surface area (Å²) in [6.07, 6.45) is 1.56. The molecule has 2 amide bonds. The Labute approximate surface area is 160 Å². The van der Waals surface area contributed by atoms with Gasteiger partial charge in [-0.1, -0.05) is 18.2 Å². The number of nitrogens with zero attached hydrogens (tertiary/aromatic N) is 2. The molecule has 1 heterocycles. The number of nitro benzene ring substituents is 1. The number of nitro groups is 1. The molecule has 0 bridgehead atoms. The predicted octanol–water partition coefficient (Wildman–Crippen LogP) is 4.30. The van der Waals surface area contributed by atoms with Gasteiger partial charge in [-0.2, -0.15) is 0 Å². The summed E-state index contributed by atoms with van der Waals surface area (Å²) in [6, 6.07) is 10.5. The van der Waals surface area contributed by atoms with E-state index in [1.807, 2.05) is 0 Å². The summed E-state index contributed by atoms with van der Waals surface area (Å²) in [5.74, 6) is -0.392. The minimum Gasteiger partial charge on any atom is -0.507 e. The van der Waals surface area contributed by atoms with Crippen molar-refractivity contribution in [2.75, 3.05) is 0 Å². The summed E-state index contributed by atoms with van der Waals surface area (Å²) in [7, 11) is 0. The molecular formula is C17H11BrN2O5S. The zero-order chi connectivity index (χ0) is 18.8. The lowest BCUT2D eigenvalue weighted by Crippen LogP contribution is -2.27. The summed E-state index contributed by atoms with van der Waals surface area (Å²) < 4.78 is 0.474. The largest absolute Gasteiger partial charge is 0.507 e. The molecule has 0 unspecified atom stereocenters. The standard InChI is InChI=1S/C17H11BrN2O5S/c18-13-7-10(4-5-14(13)21)8-15-16(22)19(17(23)26-15)9-11-2-1-3-12(6-11)20(24)25/h1-8,21H,9H2/b15-8+. The molecule has 0 aromatic heterocycles. The van der Waals surface area contributed by atoms with Crippen LogP contribution in [0.3, 0.4) is 0 Å². The van der Waals surface area contributed by atoms with E-state index >= 15 is 0 Å². The summed E-state index contributed by atoms with van der Waals surface area (Å²) >= 11 is 4.00. The smallest absolute Gasteiger partial charge is 0.293 e. The monoisotopic (exact) mass is 434 g/mol. The van der Waals surface area contributed by atoms with Crippen LogP contribution in [0.1, 0.15) is 11.1 Å². The third kappa shape index (κ3) is 3.78. The van der Waals surface area contributed by atoms with Gasteiger partial charge >= 0.3 is 0 Å². The second-order valence-electron chi connectivity index (χ2n) is 5.41. The van der Waals surface area contributed by atoms with E-state index in [-0.39, 0.29) is 22.9 Å². The van der Waals surface area contributed by atoms with Crippen LogP contribution in [0.2, 0.25) is 0 Å². The first-order chi connectivity index (χ1) is 12.3. The van der Waals surface area contributed by atoms with Crippen molar-refractivity contribution in [3.63, 3.8) is 0 Å². The number of hydrogen-bond acceptors (Lipinski definition) is 6. The zero-order valence-electron chi connectivity index (χ0n) is 13.1. The first kappa shape index (κ1) is 18.2. The number of thioether (sulfide) groups is 1. The fraction of sp³-hybridized carbons (Fsp3) is 0.0588. The van der Waals surface area contributed by atoms with E-state index < -0.39 is 16.1 Å². The number of phenols is 1. The number of benzene rings is 2. The molecule has 1 aliphatic rings. The highest BCUT2D eigenvalue weighted by Crippen LogP contribution is 2.34. The Morgan fingerprint density at radius 3 is 2.69 bits per heavy atom. The van der Waals surface area contributed by atoms with Gasteiger partial charge in [-0.15, -0.1) is 0 Å². The maximum absolute atomic E-state index is 12.5. The fourth-order valence-corrected chi connectivity index (χ4v) is 3.59. The molecule has 1 aliphatic heterocycles. The molecular weight excluding hydrogens is 424 g/mol. The highest BCUT2D eigenvalue weighted by atomic mass is 79.9. The lowest BCUT2D eigenvalue weighted by atomic mass is 10.2. The van der Waals surface area contributed by atoms with Gasteiger partial charge < -0.3 is 5.11 Å². The topological polar surface area (TPSA) is 101 Å². The maximum Gasteiger partial charge on any atom is 0.293 e. The number of carbonyl (C=O) groups excluding carboxylic acids is 2. The third-order valence-electron chi connectivity index (χ3n) is 3.61. The second-order valence-corrected chi connectivity index (χ2v) is 7.25. The van der Waals surface area contributed by atoms with E-state index in [4.69, 9.17) is 0 Å². The average Bonchev–Trinajstić information content (AvgIpc) is 2.86. The van der Waals surface area contributed by atoms with E-state index in [0.29, 0.717) is 15.6 Å². The third-order valence-corrected chi connectivity index (χ3v) is 5.15. The quantitative estimate of drug-likeness (QED) is 0.437. The van der Waals surface area contributed by atoms with Crippen molar-refractivity contribution in [2.24, 2.45) is 0 Å². The fourth-order valence-electron chi connectivity index (χ4n) is 2.35. The Hall–Kier alpha value is -2.65. The molecule has 0 atom stereocenters. The second kappa shape index (κ2) is 7.30. The molecule has 0 spiro atoms. The van der Waals surface area contributed by atoms with Gasteiger partial charge in [0, 0.05) is 12.1 Å². The molecule has 0 aliphatic carbocycles. The van der Waals surface area contributed by atoms with Crippen molar-refractivity contribution in [1.82, 2.24) is 4.90 Å². The van der Waals surface area contributed by atoms with Gasteiger partial charge in [-0.3, -0.25) is 24.6 Å². The van der Waals surface area contributed by atoms with Gasteiger partial charge in [-0.25, -0.2) is 0 Å². The number of rotatable bonds is 4. The van der Waals surface area contributed by atoms with Crippen LogP contribution in [0.15, 0.2) is 51.8 Å². The summed E-state index contributed by atoms with van der Waals surface area (Å²) in [4.78, 5) is 36.3. The van der Waals surface area contributed by atoms with Crippen molar-refractivity contribution < 1.29 is 19.6 Å². The number of amides is 2. The van der Waals surface area contributed by atoms with Crippen LogP contribution >= 0.6 is 27.7 Å². The number of non-ortho nitro benzene ring substituents is 1. The van der Waals surface area contributed by atoms with Crippen LogP contribution in [0.4, 0.5) is 10.5 Å². The number of imide groups is 1. The number of halogens is 1. The Morgan fingerprint density at radius 2 is 2.00 bits per heavy atom. The van der Waals surface area contributed by atoms with E-state index in [1.54, 1.807) is 24.3 Å². The molecule has 1 N–H and O–H groups in total. The van der Waals surface area contributed by atoms with E-state index in [1.165, 1.54) is 24.3 Å². The minimum atomic E-state index is -0.528. The van der Waals surface area contributed by atoms with Crippen LogP contribution in [0.5, 0.6) is 5.75 Å². The summed E-state index contributed by atoms with van der Waals surface area (Å²) in [5, 5.41) is 19.9. The first-order valence-corrected chi connectivity index (χ1v) is 8.93. The Bertz CT molecular complexity index is 960. The van der Waals surface area contributed by atoms with Crippen molar-refractivity contribution in [3.05, 3.63) is 73.1 Å². The van der Waals surface area contributed by atoms with E-state index in [2.05, 4.69) is 15.9 Å². The van der Waals surface area contributed by atoms with Crippen LogP contribution in [-0.2, 0) is 11.3 Å². The number of phenolic OH excluding ortho intramolecular Hbond substituents is 1. The highest BCUT2D eigenvalue weighted by molar-refractivity contribution is 9.10. The van der Waals surface area contributed by atoms with E-state index in [9.17, 15) is 24.8 Å². The van der Waals surface area contributed by atoms with Crippen molar-refractivity contribution in [2.45, 2.75) is 6.54 Å². The lowest BCUT2D eigenvalue weighted by molar-refractivity contribution is -0.384. The van der Waals surface area contributed by atoms with Crippen molar-refractivity contribution >= 4 is 50.6 Å². The molecule has 3 rings (SSSR count). The number of aromatic hydroxyl groups is 1. The van der Waals surface area contributed by atoms with Crippen LogP contribution in [-0.4, -0.2) is 26.1 Å². The molecule has 7 nitrogen and oxygen atoms in total. The maximum atomic E-state index is 12.5. The molecule has 1 saturated heterocycles. The Balaban J connectivity index is 1.82. The highest BCUT2D eigenvalue weighted by Gasteiger charge is 2.35. The predicted molar refractivity (Wildman–Crippen MR) is 100 cm³/mol. The molecule has 132 valence electrons. The molecule has 26 heavy (non-hydrogen) atoms. The number of carbonyl (C=O) groups is 2. The van der Waals surface area contributed by atoms with Gasteiger partial charge in [0.05, 0.1) is 20.8 Å². The summed E-state index contributed by atoms with van der Waals surface area (Å²) in [5.41, 5.74) is 1.05. The Kier molecular flexibility index (Phi) is 5.10. The minimum absolute atomic E-state index is 0.0387. The van der Waals surface area contributed by atoms with Gasteiger partial charge in [0.1, 0.15) is 5.75 Å². The van der Waals surface area contributed by atoms with Gasteiger partial charge in [0.25, 0.3) is 16.8 Å². The van der Waals surface area contributed by atoms with Gasteiger partial charge in [0.15, 0.2) is 0 Å². The van der Waals surface area contributed by atoms with E-state index in [0.717, 1.165) is 16.7 Å².